The maximum atomic E-state index is 12.2. The average Bonchev–Trinajstić information content (AvgIpc) is 3.00. The lowest BCUT2D eigenvalue weighted by Crippen LogP contribution is -2.24. The van der Waals surface area contributed by atoms with Crippen LogP contribution in [0, 0.1) is 0 Å². The molecule has 1 aromatic heterocycles. The van der Waals surface area contributed by atoms with Crippen molar-refractivity contribution in [2.24, 2.45) is 0 Å². The van der Waals surface area contributed by atoms with E-state index in [0.29, 0.717) is 0 Å². The van der Waals surface area contributed by atoms with Crippen molar-refractivity contribution in [1.29, 1.82) is 0 Å². The summed E-state index contributed by atoms with van der Waals surface area (Å²) in [4.78, 5) is 12.2. The molecule has 0 aliphatic carbocycles. The number of halogens is 2. The van der Waals surface area contributed by atoms with E-state index in [0.717, 1.165) is 25.1 Å². The second-order valence-electron chi connectivity index (χ2n) is 5.05. The first-order chi connectivity index (χ1) is 9.74. The lowest BCUT2D eigenvalue weighted by atomic mass is 10.0. The number of fused-ring (bicyclic) bond motifs is 1. The van der Waals surface area contributed by atoms with E-state index in [-0.39, 0.29) is 36.8 Å². The topological polar surface area (TPSA) is 59.0 Å². The first-order valence-corrected chi connectivity index (χ1v) is 6.91. The van der Waals surface area contributed by atoms with Crippen LogP contribution in [-0.4, -0.2) is 22.2 Å². The second kappa shape index (κ2) is 8.06. The van der Waals surface area contributed by atoms with Gasteiger partial charge >= 0.3 is 0 Å². The van der Waals surface area contributed by atoms with Crippen LogP contribution in [0.4, 0.5) is 11.4 Å². The third-order valence-corrected chi connectivity index (χ3v) is 3.61. The summed E-state index contributed by atoms with van der Waals surface area (Å²) < 4.78 is 1.65. The average molecular weight is 343 g/mol. The van der Waals surface area contributed by atoms with Gasteiger partial charge in [-0.2, -0.15) is 5.10 Å². The molecule has 1 aliphatic heterocycles. The van der Waals surface area contributed by atoms with Crippen LogP contribution in [0.5, 0.6) is 0 Å². The Morgan fingerprint density at radius 2 is 2.23 bits per heavy atom. The van der Waals surface area contributed by atoms with E-state index >= 15 is 0 Å². The number of nitrogens with zero attached hydrogens (tertiary/aromatic N) is 2. The van der Waals surface area contributed by atoms with Gasteiger partial charge in [0.05, 0.1) is 0 Å². The molecule has 0 spiro atoms. The Labute approximate surface area is 142 Å². The van der Waals surface area contributed by atoms with Crippen molar-refractivity contribution < 1.29 is 4.79 Å². The number of amides is 1. The molecular weight excluding hydrogens is 323 g/mol. The summed E-state index contributed by atoms with van der Waals surface area (Å²) in [7, 11) is 0. The minimum atomic E-state index is -0.320. The first kappa shape index (κ1) is 18.3. The maximum Gasteiger partial charge on any atom is 0.248 e. The second-order valence-corrected chi connectivity index (χ2v) is 5.05. The number of nitrogens with one attached hydrogen (secondary N) is 2. The van der Waals surface area contributed by atoms with E-state index in [1.165, 1.54) is 11.3 Å². The van der Waals surface area contributed by atoms with Crippen molar-refractivity contribution in [2.75, 3.05) is 17.2 Å². The molecule has 22 heavy (non-hydrogen) atoms. The minimum Gasteiger partial charge on any atom is -0.385 e. The van der Waals surface area contributed by atoms with Crippen LogP contribution >= 0.6 is 24.8 Å². The van der Waals surface area contributed by atoms with Gasteiger partial charge in [0.25, 0.3) is 0 Å². The third-order valence-electron chi connectivity index (χ3n) is 3.61. The standard InChI is InChI=1S/C15H18N4O.2ClH/c1-11(19-9-3-8-17-19)15(20)18-13-5-6-14-12(10-13)4-2-7-16-14;;/h3,5-6,8-11,16H,2,4,7H2,1H3,(H,18,20);2*1H. The monoisotopic (exact) mass is 342 g/mol. The summed E-state index contributed by atoms with van der Waals surface area (Å²) in [6, 6.07) is 7.51. The zero-order valence-corrected chi connectivity index (χ0v) is 13.9. The predicted octanol–water partition coefficient (Wildman–Crippen LogP) is 3.28. The smallest absolute Gasteiger partial charge is 0.248 e. The molecule has 0 bridgehead atoms. The molecule has 120 valence electrons. The van der Waals surface area contributed by atoms with Gasteiger partial charge in [0.1, 0.15) is 6.04 Å². The highest BCUT2D eigenvalue weighted by molar-refractivity contribution is 5.93. The van der Waals surface area contributed by atoms with E-state index in [1.54, 1.807) is 17.1 Å². The Morgan fingerprint density at radius 3 is 2.95 bits per heavy atom. The molecule has 0 saturated heterocycles. The van der Waals surface area contributed by atoms with Crippen molar-refractivity contribution in [3.05, 3.63) is 42.2 Å². The molecule has 2 N–H and O–H groups in total. The van der Waals surface area contributed by atoms with Crippen LogP contribution in [0.15, 0.2) is 36.7 Å². The molecule has 1 aliphatic rings. The number of anilines is 2. The molecule has 1 aromatic carbocycles. The predicted molar refractivity (Wildman–Crippen MR) is 93.3 cm³/mol. The molecule has 2 aromatic rings. The Hall–Kier alpha value is -1.72. The number of aryl methyl sites for hydroxylation is 1. The van der Waals surface area contributed by atoms with Gasteiger partial charge in [-0.15, -0.1) is 24.8 Å². The lowest BCUT2D eigenvalue weighted by molar-refractivity contribution is -0.119. The van der Waals surface area contributed by atoms with Crippen molar-refractivity contribution in [3.63, 3.8) is 0 Å². The molecular formula is C15H20Cl2N4O. The van der Waals surface area contributed by atoms with E-state index in [4.69, 9.17) is 0 Å². The van der Waals surface area contributed by atoms with Gasteiger partial charge in [-0.1, -0.05) is 0 Å². The van der Waals surface area contributed by atoms with Gasteiger partial charge in [0, 0.05) is 30.3 Å². The van der Waals surface area contributed by atoms with Crippen LogP contribution in [0.2, 0.25) is 0 Å². The lowest BCUT2D eigenvalue weighted by Gasteiger charge is -2.19. The quantitative estimate of drug-likeness (QED) is 0.899. The number of carbonyl (C=O) groups is 1. The van der Waals surface area contributed by atoms with Crippen LogP contribution in [0.25, 0.3) is 0 Å². The normalized spacial score (nSPS) is 13.7. The molecule has 2 heterocycles. The zero-order chi connectivity index (χ0) is 13.9. The first-order valence-electron chi connectivity index (χ1n) is 6.91. The van der Waals surface area contributed by atoms with E-state index in [2.05, 4.69) is 21.8 Å². The summed E-state index contributed by atoms with van der Waals surface area (Å²) in [5, 5.41) is 10.4. The minimum absolute atomic E-state index is 0. The van der Waals surface area contributed by atoms with Gasteiger partial charge < -0.3 is 10.6 Å². The van der Waals surface area contributed by atoms with Crippen molar-refractivity contribution >= 4 is 42.1 Å². The van der Waals surface area contributed by atoms with Gasteiger partial charge in [0.2, 0.25) is 5.91 Å². The highest BCUT2D eigenvalue weighted by Crippen LogP contribution is 2.25. The Kier molecular flexibility index (Phi) is 6.71. The molecule has 0 radical (unpaired) electrons. The highest BCUT2D eigenvalue weighted by atomic mass is 35.5. The highest BCUT2D eigenvalue weighted by Gasteiger charge is 2.16. The molecule has 1 atom stereocenters. The van der Waals surface area contributed by atoms with Crippen LogP contribution in [0.3, 0.4) is 0 Å². The van der Waals surface area contributed by atoms with Crippen molar-refractivity contribution in [3.8, 4) is 0 Å². The molecule has 3 rings (SSSR count). The van der Waals surface area contributed by atoms with Crippen molar-refractivity contribution in [2.45, 2.75) is 25.8 Å². The number of benzene rings is 1. The molecule has 7 heteroatoms. The fourth-order valence-corrected chi connectivity index (χ4v) is 2.43. The zero-order valence-electron chi connectivity index (χ0n) is 12.3. The summed E-state index contributed by atoms with van der Waals surface area (Å²) in [5.41, 5.74) is 3.28. The number of hydrogen-bond acceptors (Lipinski definition) is 3. The fraction of sp³-hybridized carbons (Fsp3) is 0.333. The largest absolute Gasteiger partial charge is 0.385 e. The fourth-order valence-electron chi connectivity index (χ4n) is 2.43. The molecule has 0 saturated carbocycles. The summed E-state index contributed by atoms with van der Waals surface area (Å²) in [5.74, 6) is -0.0579. The summed E-state index contributed by atoms with van der Waals surface area (Å²) in [6.07, 6.45) is 5.66. The van der Waals surface area contributed by atoms with Gasteiger partial charge in [-0.3, -0.25) is 9.48 Å². The summed E-state index contributed by atoms with van der Waals surface area (Å²) >= 11 is 0. The molecule has 1 unspecified atom stereocenters. The SMILES string of the molecule is CC(C(=O)Nc1ccc2c(c1)CCCN2)n1cccn1.Cl.Cl. The van der Waals surface area contributed by atoms with E-state index < -0.39 is 0 Å². The van der Waals surface area contributed by atoms with Crippen LogP contribution < -0.4 is 10.6 Å². The number of carbonyl (C=O) groups excluding carboxylic acids is 1. The Balaban J connectivity index is 0.00000121. The Bertz CT molecular complexity index is 616. The van der Waals surface area contributed by atoms with Gasteiger partial charge in [-0.05, 0) is 49.6 Å². The van der Waals surface area contributed by atoms with Gasteiger partial charge in [0.15, 0.2) is 0 Å². The molecule has 0 fully saturated rings. The number of aromatic nitrogens is 2. The number of rotatable bonds is 3. The summed E-state index contributed by atoms with van der Waals surface area (Å²) in [6.45, 7) is 2.86. The van der Waals surface area contributed by atoms with Crippen LogP contribution in [-0.2, 0) is 11.2 Å². The van der Waals surface area contributed by atoms with E-state index in [9.17, 15) is 4.79 Å². The third kappa shape index (κ3) is 3.93. The molecule has 5 nitrogen and oxygen atoms in total. The Morgan fingerprint density at radius 1 is 1.41 bits per heavy atom. The van der Waals surface area contributed by atoms with E-state index in [1.807, 2.05) is 25.1 Å². The van der Waals surface area contributed by atoms with Gasteiger partial charge in [-0.25, -0.2) is 0 Å². The van der Waals surface area contributed by atoms with Crippen molar-refractivity contribution in [1.82, 2.24) is 9.78 Å². The maximum absolute atomic E-state index is 12.2. The molecule has 1 amide bonds. The van der Waals surface area contributed by atoms with Crippen LogP contribution in [0.1, 0.15) is 24.9 Å². The number of hydrogen-bond donors (Lipinski definition) is 2.